The molecule has 1 aromatic rings. The summed E-state index contributed by atoms with van der Waals surface area (Å²) in [5, 5.41) is 8.40. The van der Waals surface area contributed by atoms with E-state index in [4.69, 9.17) is 5.11 Å². The predicted molar refractivity (Wildman–Crippen MR) is 43.2 cm³/mol. The Labute approximate surface area is 77.9 Å². The Hall–Kier alpha value is -1.43. The van der Waals surface area contributed by atoms with Gasteiger partial charge < -0.3 is 5.11 Å². The summed E-state index contributed by atoms with van der Waals surface area (Å²) in [6.45, 7) is -0.180. The molecule has 0 radical (unpaired) electrons. The van der Waals surface area contributed by atoms with E-state index in [0.29, 0.717) is 5.56 Å². The van der Waals surface area contributed by atoms with Crippen molar-refractivity contribution in [3.63, 3.8) is 0 Å². The van der Waals surface area contributed by atoms with Crippen LogP contribution in [0.1, 0.15) is 11.4 Å². The minimum absolute atomic E-state index is 0.180. The summed E-state index contributed by atoms with van der Waals surface area (Å²) < 4.78 is 36.0. The quantitative estimate of drug-likeness (QED) is 0.794. The van der Waals surface area contributed by atoms with Gasteiger partial charge in [-0.1, -0.05) is 12.2 Å². The fraction of sp³-hybridized carbons (Fsp3) is 0.250. The van der Waals surface area contributed by atoms with Crippen LogP contribution in [0.5, 0.6) is 0 Å². The van der Waals surface area contributed by atoms with E-state index in [2.05, 4.69) is 9.97 Å². The first kappa shape index (κ1) is 10.6. The monoisotopic (exact) mass is 204 g/mol. The fourth-order valence-corrected chi connectivity index (χ4v) is 0.759. The van der Waals surface area contributed by atoms with Gasteiger partial charge in [-0.05, 0) is 0 Å². The third kappa shape index (κ3) is 2.81. The lowest BCUT2D eigenvalue weighted by molar-refractivity contribution is -0.145. The molecule has 0 unspecified atom stereocenters. The number of nitrogens with zero attached hydrogens (tertiary/aromatic N) is 2. The van der Waals surface area contributed by atoms with E-state index in [1.807, 2.05) is 0 Å². The molecule has 0 aliphatic rings. The molecule has 76 valence electrons. The molecule has 1 aromatic heterocycles. The van der Waals surface area contributed by atoms with Gasteiger partial charge in [0.1, 0.15) is 0 Å². The van der Waals surface area contributed by atoms with Gasteiger partial charge in [-0.3, -0.25) is 0 Å². The number of aliphatic hydroxyl groups excluding tert-OH is 1. The molecule has 0 spiro atoms. The van der Waals surface area contributed by atoms with Gasteiger partial charge in [-0.15, -0.1) is 0 Å². The van der Waals surface area contributed by atoms with Crippen LogP contribution in [0.15, 0.2) is 18.5 Å². The lowest BCUT2D eigenvalue weighted by atomic mass is 10.3. The van der Waals surface area contributed by atoms with Crippen LogP contribution < -0.4 is 0 Å². The summed E-state index contributed by atoms with van der Waals surface area (Å²) in [5.41, 5.74) is 0.409. The van der Waals surface area contributed by atoms with Crippen LogP contribution in [0.2, 0.25) is 0 Å². The first-order valence-corrected chi connectivity index (χ1v) is 3.70. The maximum absolute atomic E-state index is 12.0. The first-order valence-electron chi connectivity index (χ1n) is 3.70. The summed E-state index contributed by atoms with van der Waals surface area (Å²) in [4.78, 5) is 6.27. The van der Waals surface area contributed by atoms with Gasteiger partial charge in [0.05, 0.1) is 6.61 Å². The number of aliphatic hydroxyl groups is 1. The summed E-state index contributed by atoms with van der Waals surface area (Å²) in [6, 6.07) is 0. The molecule has 1 rings (SSSR count). The van der Waals surface area contributed by atoms with Gasteiger partial charge >= 0.3 is 6.18 Å². The molecule has 0 fully saturated rings. The smallest absolute Gasteiger partial charge is 0.392 e. The molecule has 3 nitrogen and oxygen atoms in total. The molecule has 0 amide bonds. The highest BCUT2D eigenvalue weighted by molar-refractivity contribution is 5.46. The van der Waals surface area contributed by atoms with Crippen LogP contribution in [0, 0.1) is 0 Å². The average Bonchev–Trinajstić information content (AvgIpc) is 2.14. The van der Waals surface area contributed by atoms with Gasteiger partial charge in [0.2, 0.25) is 5.82 Å². The second-order valence-electron chi connectivity index (χ2n) is 2.42. The molecule has 0 saturated carbocycles. The Bertz CT molecular complexity index is 318. The van der Waals surface area contributed by atoms with Crippen LogP contribution in [-0.2, 0) is 6.18 Å². The van der Waals surface area contributed by atoms with Crippen molar-refractivity contribution in [2.45, 2.75) is 6.18 Å². The summed E-state index contributed by atoms with van der Waals surface area (Å²) >= 11 is 0. The van der Waals surface area contributed by atoms with E-state index in [-0.39, 0.29) is 6.61 Å². The maximum atomic E-state index is 12.0. The number of rotatable bonds is 2. The van der Waals surface area contributed by atoms with Crippen molar-refractivity contribution in [2.24, 2.45) is 0 Å². The summed E-state index contributed by atoms with van der Waals surface area (Å²) in [5.74, 6) is -1.17. The third-order valence-corrected chi connectivity index (χ3v) is 1.34. The van der Waals surface area contributed by atoms with Gasteiger partial charge in [0.15, 0.2) is 0 Å². The Balaban J connectivity index is 2.84. The van der Waals surface area contributed by atoms with Crippen molar-refractivity contribution in [3.8, 4) is 0 Å². The molecule has 0 atom stereocenters. The molecule has 0 aliphatic heterocycles. The van der Waals surface area contributed by atoms with Gasteiger partial charge in [0, 0.05) is 18.0 Å². The van der Waals surface area contributed by atoms with Crippen molar-refractivity contribution in [1.29, 1.82) is 0 Å². The van der Waals surface area contributed by atoms with Crippen molar-refractivity contribution >= 4 is 6.08 Å². The highest BCUT2D eigenvalue weighted by atomic mass is 19.4. The second-order valence-corrected chi connectivity index (χ2v) is 2.42. The molecule has 0 saturated heterocycles. The number of aromatic nitrogens is 2. The normalized spacial score (nSPS) is 12.3. The highest BCUT2D eigenvalue weighted by Crippen LogP contribution is 2.25. The van der Waals surface area contributed by atoms with E-state index in [0.717, 1.165) is 12.4 Å². The number of halogens is 3. The van der Waals surface area contributed by atoms with E-state index < -0.39 is 12.0 Å². The van der Waals surface area contributed by atoms with E-state index in [1.165, 1.54) is 12.2 Å². The molecule has 14 heavy (non-hydrogen) atoms. The van der Waals surface area contributed by atoms with Crippen LogP contribution in [0.25, 0.3) is 6.08 Å². The zero-order valence-corrected chi connectivity index (χ0v) is 6.99. The topological polar surface area (TPSA) is 46.0 Å². The summed E-state index contributed by atoms with van der Waals surface area (Å²) in [7, 11) is 0. The molecule has 0 aromatic carbocycles. The van der Waals surface area contributed by atoms with E-state index in [9.17, 15) is 13.2 Å². The zero-order chi connectivity index (χ0) is 10.6. The zero-order valence-electron chi connectivity index (χ0n) is 6.99. The second kappa shape index (κ2) is 4.19. The molecular weight excluding hydrogens is 197 g/mol. The number of hydrogen-bond donors (Lipinski definition) is 1. The minimum atomic E-state index is -4.51. The van der Waals surface area contributed by atoms with E-state index in [1.54, 1.807) is 0 Å². The Morgan fingerprint density at radius 1 is 1.29 bits per heavy atom. The minimum Gasteiger partial charge on any atom is -0.392 e. The highest BCUT2D eigenvalue weighted by Gasteiger charge is 2.34. The Morgan fingerprint density at radius 3 is 2.29 bits per heavy atom. The number of alkyl halides is 3. The average molecular weight is 204 g/mol. The molecule has 1 heterocycles. The lowest BCUT2D eigenvalue weighted by Gasteiger charge is -2.03. The molecule has 0 bridgehead atoms. The first-order chi connectivity index (χ1) is 6.54. The van der Waals surface area contributed by atoms with Gasteiger partial charge in [0.25, 0.3) is 0 Å². The maximum Gasteiger partial charge on any atom is 0.451 e. The standard InChI is InChI=1S/C8H7F3N2O/c9-8(10,11)7-12-4-6(5-13-7)2-1-3-14/h1-2,4-5,14H,3H2. The predicted octanol–water partition coefficient (Wildman–Crippen LogP) is 1.50. The van der Waals surface area contributed by atoms with Gasteiger partial charge in [-0.25, -0.2) is 9.97 Å². The molecule has 1 N–H and O–H groups in total. The molecular formula is C8H7F3N2O. The van der Waals surface area contributed by atoms with Gasteiger partial charge in [-0.2, -0.15) is 13.2 Å². The Morgan fingerprint density at radius 2 is 1.86 bits per heavy atom. The van der Waals surface area contributed by atoms with Crippen LogP contribution in [-0.4, -0.2) is 21.7 Å². The van der Waals surface area contributed by atoms with E-state index >= 15 is 0 Å². The molecule has 0 aliphatic carbocycles. The lowest BCUT2D eigenvalue weighted by Crippen LogP contribution is -2.10. The molecule has 6 heteroatoms. The van der Waals surface area contributed by atoms with Crippen LogP contribution >= 0.6 is 0 Å². The van der Waals surface area contributed by atoms with Crippen LogP contribution in [0.3, 0.4) is 0 Å². The van der Waals surface area contributed by atoms with Crippen molar-refractivity contribution < 1.29 is 18.3 Å². The third-order valence-electron chi connectivity index (χ3n) is 1.34. The van der Waals surface area contributed by atoms with Crippen molar-refractivity contribution in [3.05, 3.63) is 29.9 Å². The van der Waals surface area contributed by atoms with Crippen molar-refractivity contribution in [1.82, 2.24) is 9.97 Å². The fourth-order valence-electron chi connectivity index (χ4n) is 0.759. The largest absolute Gasteiger partial charge is 0.451 e. The SMILES string of the molecule is OCC=Cc1cnc(C(F)(F)F)nc1. The van der Waals surface area contributed by atoms with Crippen LogP contribution in [0.4, 0.5) is 13.2 Å². The summed E-state index contributed by atoms with van der Waals surface area (Å²) in [6.07, 6.45) is 0.384. The van der Waals surface area contributed by atoms with Crippen molar-refractivity contribution in [2.75, 3.05) is 6.61 Å². The Kier molecular flexibility index (Phi) is 3.19. The number of hydrogen-bond acceptors (Lipinski definition) is 3.